The lowest BCUT2D eigenvalue weighted by molar-refractivity contribution is 0.540. The number of rotatable bonds is 1. The number of halogens is 1. The van der Waals surface area contributed by atoms with Gasteiger partial charge in [-0.3, -0.25) is 4.68 Å². The highest BCUT2D eigenvalue weighted by atomic mass is 79.9. The molecule has 1 aromatic rings. The van der Waals surface area contributed by atoms with Crippen LogP contribution in [-0.4, -0.2) is 16.3 Å². The van der Waals surface area contributed by atoms with Crippen molar-refractivity contribution in [1.82, 2.24) is 9.78 Å². The normalized spacial score (nSPS) is 21.6. The monoisotopic (exact) mass is 243 g/mol. The zero-order chi connectivity index (χ0) is 9.42. The molecule has 1 heterocycles. The third kappa shape index (κ3) is 1.42. The fraction of sp³-hybridized carbons (Fsp3) is 0.667. The molecule has 2 N–H and O–H groups in total. The SMILES string of the molecule is Cn1nc(Br)c2c1CCCC2CN. The maximum atomic E-state index is 5.74. The van der Waals surface area contributed by atoms with E-state index in [0.717, 1.165) is 17.6 Å². The summed E-state index contributed by atoms with van der Waals surface area (Å²) in [5, 5.41) is 4.37. The first-order valence-electron chi connectivity index (χ1n) is 4.65. The molecule has 0 spiro atoms. The van der Waals surface area contributed by atoms with Crippen molar-refractivity contribution in [1.29, 1.82) is 0 Å². The van der Waals surface area contributed by atoms with Gasteiger partial charge in [0.2, 0.25) is 0 Å². The summed E-state index contributed by atoms with van der Waals surface area (Å²) in [6, 6.07) is 0. The van der Waals surface area contributed by atoms with Gasteiger partial charge < -0.3 is 5.73 Å². The minimum absolute atomic E-state index is 0.506. The molecule has 0 amide bonds. The second-order valence-electron chi connectivity index (χ2n) is 3.60. The molecule has 0 saturated heterocycles. The van der Waals surface area contributed by atoms with Crippen molar-refractivity contribution in [3.8, 4) is 0 Å². The third-order valence-corrected chi connectivity index (χ3v) is 3.41. The van der Waals surface area contributed by atoms with Crippen LogP contribution in [0.15, 0.2) is 4.60 Å². The van der Waals surface area contributed by atoms with Gasteiger partial charge in [0.25, 0.3) is 0 Å². The van der Waals surface area contributed by atoms with Crippen LogP contribution in [0.1, 0.15) is 30.0 Å². The Bertz CT molecular complexity index is 319. The van der Waals surface area contributed by atoms with Crippen LogP contribution < -0.4 is 5.73 Å². The molecular formula is C9H14BrN3. The smallest absolute Gasteiger partial charge is 0.131 e. The van der Waals surface area contributed by atoms with Crippen LogP contribution in [0.4, 0.5) is 0 Å². The van der Waals surface area contributed by atoms with Crippen molar-refractivity contribution in [3.05, 3.63) is 15.9 Å². The van der Waals surface area contributed by atoms with Crippen molar-refractivity contribution in [2.24, 2.45) is 12.8 Å². The molecule has 0 bridgehead atoms. The van der Waals surface area contributed by atoms with Crippen molar-refractivity contribution < 1.29 is 0 Å². The van der Waals surface area contributed by atoms with Gasteiger partial charge in [-0.2, -0.15) is 5.10 Å². The molecule has 1 aromatic heterocycles. The number of aryl methyl sites for hydroxylation is 1. The highest BCUT2D eigenvalue weighted by Crippen LogP contribution is 2.35. The van der Waals surface area contributed by atoms with Gasteiger partial charge in [-0.05, 0) is 41.7 Å². The van der Waals surface area contributed by atoms with E-state index in [1.54, 1.807) is 0 Å². The summed E-state index contributed by atoms with van der Waals surface area (Å²) < 4.78 is 2.96. The molecule has 0 saturated carbocycles. The van der Waals surface area contributed by atoms with E-state index in [9.17, 15) is 0 Å². The maximum absolute atomic E-state index is 5.74. The average molecular weight is 244 g/mol. The average Bonchev–Trinajstić information content (AvgIpc) is 2.43. The van der Waals surface area contributed by atoms with E-state index in [1.165, 1.54) is 24.1 Å². The maximum Gasteiger partial charge on any atom is 0.131 e. The van der Waals surface area contributed by atoms with E-state index in [2.05, 4.69) is 21.0 Å². The highest BCUT2D eigenvalue weighted by molar-refractivity contribution is 9.10. The highest BCUT2D eigenvalue weighted by Gasteiger charge is 2.25. The van der Waals surface area contributed by atoms with Gasteiger partial charge in [0, 0.05) is 24.2 Å². The minimum atomic E-state index is 0.506. The van der Waals surface area contributed by atoms with Crippen molar-refractivity contribution in [3.63, 3.8) is 0 Å². The molecule has 0 aromatic carbocycles. The van der Waals surface area contributed by atoms with Crippen LogP contribution in [0, 0.1) is 0 Å². The Balaban J connectivity index is 2.48. The molecule has 3 nitrogen and oxygen atoms in total. The molecule has 1 aliphatic rings. The quantitative estimate of drug-likeness (QED) is 0.814. The number of aromatic nitrogens is 2. The van der Waals surface area contributed by atoms with Crippen molar-refractivity contribution in [2.75, 3.05) is 6.54 Å². The molecule has 1 unspecified atom stereocenters. The lowest BCUT2D eigenvalue weighted by Gasteiger charge is -2.21. The van der Waals surface area contributed by atoms with Crippen molar-refractivity contribution >= 4 is 15.9 Å². The molecule has 13 heavy (non-hydrogen) atoms. The first-order valence-corrected chi connectivity index (χ1v) is 5.44. The van der Waals surface area contributed by atoms with Gasteiger partial charge in [-0.25, -0.2) is 0 Å². The molecule has 1 aliphatic carbocycles. The summed E-state index contributed by atoms with van der Waals surface area (Å²) in [4.78, 5) is 0. The lowest BCUT2D eigenvalue weighted by atomic mass is 9.87. The third-order valence-electron chi connectivity index (χ3n) is 2.82. The standard InChI is InChI=1S/C9H14BrN3/c1-13-7-4-2-3-6(5-11)8(7)9(10)12-13/h6H,2-5,11H2,1H3. The first-order chi connectivity index (χ1) is 6.24. The number of hydrogen-bond acceptors (Lipinski definition) is 2. The fourth-order valence-electron chi connectivity index (χ4n) is 2.14. The molecular weight excluding hydrogens is 230 g/mol. The Kier molecular flexibility index (Phi) is 2.43. The Morgan fingerprint density at radius 3 is 3.15 bits per heavy atom. The van der Waals surface area contributed by atoms with Gasteiger partial charge in [0.05, 0.1) is 0 Å². The molecule has 2 rings (SSSR count). The Labute approximate surface area is 86.4 Å². The number of nitrogens with two attached hydrogens (primary N) is 1. The second-order valence-corrected chi connectivity index (χ2v) is 4.35. The molecule has 1 atom stereocenters. The minimum Gasteiger partial charge on any atom is -0.330 e. The summed E-state index contributed by atoms with van der Waals surface area (Å²) in [6.07, 6.45) is 3.58. The zero-order valence-corrected chi connectivity index (χ0v) is 9.34. The Morgan fingerprint density at radius 2 is 2.46 bits per heavy atom. The number of fused-ring (bicyclic) bond motifs is 1. The summed E-state index contributed by atoms with van der Waals surface area (Å²) in [5.74, 6) is 0.506. The summed E-state index contributed by atoms with van der Waals surface area (Å²) in [7, 11) is 2.00. The van der Waals surface area contributed by atoms with Gasteiger partial charge in [0.15, 0.2) is 0 Å². The summed E-state index contributed by atoms with van der Waals surface area (Å²) in [6.45, 7) is 0.733. The summed E-state index contributed by atoms with van der Waals surface area (Å²) in [5.41, 5.74) is 8.44. The molecule has 4 heteroatoms. The number of hydrogen-bond donors (Lipinski definition) is 1. The second kappa shape index (κ2) is 3.42. The lowest BCUT2D eigenvalue weighted by Crippen LogP contribution is -2.18. The zero-order valence-electron chi connectivity index (χ0n) is 7.76. The Morgan fingerprint density at radius 1 is 1.69 bits per heavy atom. The largest absolute Gasteiger partial charge is 0.330 e. The Hall–Kier alpha value is -0.350. The molecule has 0 aliphatic heterocycles. The van der Waals surface area contributed by atoms with E-state index >= 15 is 0 Å². The molecule has 0 radical (unpaired) electrons. The van der Waals surface area contributed by atoms with Gasteiger partial charge >= 0.3 is 0 Å². The summed E-state index contributed by atoms with van der Waals surface area (Å²) >= 11 is 3.50. The molecule has 0 fully saturated rings. The van der Waals surface area contributed by atoms with E-state index in [1.807, 2.05) is 11.7 Å². The van der Waals surface area contributed by atoms with E-state index in [-0.39, 0.29) is 0 Å². The van der Waals surface area contributed by atoms with E-state index in [0.29, 0.717) is 5.92 Å². The fourth-order valence-corrected chi connectivity index (χ4v) is 2.93. The van der Waals surface area contributed by atoms with E-state index in [4.69, 9.17) is 5.73 Å². The molecule has 72 valence electrons. The first kappa shape index (κ1) is 9.21. The van der Waals surface area contributed by atoms with Gasteiger partial charge in [-0.15, -0.1) is 0 Å². The van der Waals surface area contributed by atoms with Crippen LogP contribution in [0.2, 0.25) is 0 Å². The van der Waals surface area contributed by atoms with Crippen LogP contribution in [0.5, 0.6) is 0 Å². The predicted molar refractivity (Wildman–Crippen MR) is 55.6 cm³/mol. The van der Waals surface area contributed by atoms with Crippen molar-refractivity contribution in [2.45, 2.75) is 25.2 Å². The van der Waals surface area contributed by atoms with E-state index < -0.39 is 0 Å². The van der Waals surface area contributed by atoms with Crippen LogP contribution in [0.25, 0.3) is 0 Å². The predicted octanol–water partition coefficient (Wildman–Crippen LogP) is 1.56. The van der Waals surface area contributed by atoms with Gasteiger partial charge in [0.1, 0.15) is 4.60 Å². The van der Waals surface area contributed by atoms with Crippen LogP contribution in [0.3, 0.4) is 0 Å². The van der Waals surface area contributed by atoms with Crippen LogP contribution >= 0.6 is 15.9 Å². The topological polar surface area (TPSA) is 43.8 Å². The van der Waals surface area contributed by atoms with Crippen LogP contribution in [-0.2, 0) is 13.5 Å². The van der Waals surface area contributed by atoms with Gasteiger partial charge in [-0.1, -0.05) is 0 Å². The number of nitrogens with zero attached hydrogens (tertiary/aromatic N) is 2.